The van der Waals surface area contributed by atoms with Gasteiger partial charge in [-0.1, -0.05) is 30.3 Å². The van der Waals surface area contributed by atoms with Gasteiger partial charge in [0, 0.05) is 45.2 Å². The molecule has 3 fully saturated rings. The molecule has 3 aliphatic heterocycles. The third kappa shape index (κ3) is 4.71. The Bertz CT molecular complexity index is 607. The largest absolute Gasteiger partial charge is 0.379 e. The maximum absolute atomic E-state index is 12.6. The third-order valence-electron chi connectivity index (χ3n) is 6.53. The van der Waals surface area contributed by atoms with Gasteiger partial charge in [0.05, 0.1) is 18.8 Å². The van der Waals surface area contributed by atoms with E-state index >= 15 is 0 Å². The highest BCUT2D eigenvalue weighted by molar-refractivity contribution is 5.76. The van der Waals surface area contributed by atoms with Crippen LogP contribution in [0.5, 0.6) is 0 Å². The average Bonchev–Trinajstić information content (AvgIpc) is 2.74. The lowest BCUT2D eigenvalue weighted by atomic mass is 9.81. The van der Waals surface area contributed by atoms with Crippen LogP contribution in [0, 0.1) is 0 Å². The van der Waals surface area contributed by atoms with Crippen molar-refractivity contribution in [3.8, 4) is 0 Å². The van der Waals surface area contributed by atoms with Gasteiger partial charge in [0.2, 0.25) is 5.91 Å². The predicted molar refractivity (Wildman–Crippen MR) is 105 cm³/mol. The lowest BCUT2D eigenvalue weighted by Crippen LogP contribution is -2.55. The molecule has 1 amide bonds. The molecule has 1 atom stereocenters. The Kier molecular flexibility index (Phi) is 6.11. The smallest absolute Gasteiger partial charge is 0.222 e. The molecule has 0 aliphatic carbocycles. The lowest BCUT2D eigenvalue weighted by Gasteiger charge is -2.49. The Hall–Kier alpha value is -1.43. The standard InChI is InChI=1S/C22H32N2O3/c25-21(7-6-19-4-2-1-3-5-19)24-11-9-22(10-12-24)18-20(8-15-27-22)23-13-16-26-17-14-23/h1-5,20H,6-18H2. The first-order valence-corrected chi connectivity index (χ1v) is 10.5. The Labute approximate surface area is 162 Å². The van der Waals surface area contributed by atoms with Gasteiger partial charge < -0.3 is 14.4 Å². The van der Waals surface area contributed by atoms with E-state index < -0.39 is 0 Å². The molecule has 0 aromatic heterocycles. The fraction of sp³-hybridized carbons (Fsp3) is 0.682. The number of hydrogen-bond donors (Lipinski definition) is 0. The minimum Gasteiger partial charge on any atom is -0.379 e. The molecular formula is C22H32N2O3. The van der Waals surface area contributed by atoms with Crippen LogP contribution in [0.15, 0.2) is 30.3 Å². The molecule has 1 unspecified atom stereocenters. The topological polar surface area (TPSA) is 42.0 Å². The van der Waals surface area contributed by atoms with E-state index in [2.05, 4.69) is 21.9 Å². The van der Waals surface area contributed by atoms with Gasteiger partial charge in [-0.3, -0.25) is 9.69 Å². The number of nitrogens with zero attached hydrogens (tertiary/aromatic N) is 2. The fourth-order valence-electron chi connectivity index (χ4n) is 4.82. The first-order chi connectivity index (χ1) is 13.2. The molecule has 27 heavy (non-hydrogen) atoms. The number of carbonyl (C=O) groups excluding carboxylic acids is 1. The maximum Gasteiger partial charge on any atom is 0.222 e. The number of carbonyl (C=O) groups is 1. The molecule has 148 valence electrons. The van der Waals surface area contributed by atoms with E-state index in [1.54, 1.807) is 0 Å². The van der Waals surface area contributed by atoms with Crippen LogP contribution in [0.1, 0.15) is 37.7 Å². The van der Waals surface area contributed by atoms with Gasteiger partial charge in [0.1, 0.15) is 0 Å². The molecule has 1 aromatic rings. The zero-order valence-corrected chi connectivity index (χ0v) is 16.3. The summed E-state index contributed by atoms with van der Waals surface area (Å²) in [5.74, 6) is 0.286. The fourth-order valence-corrected chi connectivity index (χ4v) is 4.82. The monoisotopic (exact) mass is 372 g/mol. The minimum absolute atomic E-state index is 0.0164. The normalized spacial score (nSPS) is 26.2. The molecule has 1 spiro atoms. The molecule has 0 N–H and O–H groups in total. The highest BCUT2D eigenvalue weighted by Gasteiger charge is 2.42. The van der Waals surface area contributed by atoms with E-state index in [0.29, 0.717) is 12.5 Å². The van der Waals surface area contributed by atoms with E-state index in [0.717, 1.165) is 78.1 Å². The summed E-state index contributed by atoms with van der Waals surface area (Å²) >= 11 is 0. The highest BCUT2D eigenvalue weighted by Crippen LogP contribution is 2.37. The number of morpholine rings is 1. The Morgan fingerprint density at radius 1 is 1.04 bits per heavy atom. The van der Waals surface area contributed by atoms with E-state index in [4.69, 9.17) is 9.47 Å². The number of hydrogen-bond acceptors (Lipinski definition) is 4. The number of benzene rings is 1. The second-order valence-electron chi connectivity index (χ2n) is 8.19. The zero-order valence-electron chi connectivity index (χ0n) is 16.3. The first kappa shape index (κ1) is 18.9. The van der Waals surface area contributed by atoms with E-state index in [9.17, 15) is 4.79 Å². The van der Waals surface area contributed by atoms with Crippen molar-refractivity contribution >= 4 is 5.91 Å². The van der Waals surface area contributed by atoms with Crippen LogP contribution in [0.2, 0.25) is 0 Å². The average molecular weight is 373 g/mol. The summed E-state index contributed by atoms with van der Waals surface area (Å²) in [4.78, 5) is 17.3. The minimum atomic E-state index is -0.0164. The van der Waals surface area contributed by atoms with Gasteiger partial charge in [-0.05, 0) is 37.7 Å². The molecule has 1 aromatic carbocycles. The number of rotatable bonds is 4. The highest BCUT2D eigenvalue weighted by atomic mass is 16.5. The van der Waals surface area contributed by atoms with Crippen molar-refractivity contribution in [2.24, 2.45) is 0 Å². The lowest BCUT2D eigenvalue weighted by molar-refractivity contribution is -0.151. The van der Waals surface area contributed by atoms with Crippen LogP contribution in [0.4, 0.5) is 0 Å². The predicted octanol–water partition coefficient (Wildman–Crippen LogP) is 2.49. The molecule has 5 nitrogen and oxygen atoms in total. The number of piperidine rings is 1. The van der Waals surface area contributed by atoms with Gasteiger partial charge in [-0.25, -0.2) is 0 Å². The van der Waals surface area contributed by atoms with Crippen LogP contribution < -0.4 is 0 Å². The Morgan fingerprint density at radius 2 is 1.78 bits per heavy atom. The van der Waals surface area contributed by atoms with Crippen molar-refractivity contribution in [1.29, 1.82) is 0 Å². The Balaban J connectivity index is 1.26. The first-order valence-electron chi connectivity index (χ1n) is 10.5. The molecule has 3 heterocycles. The molecule has 5 heteroatoms. The van der Waals surface area contributed by atoms with Crippen molar-refractivity contribution in [2.75, 3.05) is 46.0 Å². The molecular weight excluding hydrogens is 340 g/mol. The van der Waals surface area contributed by atoms with Crippen LogP contribution in [0.3, 0.4) is 0 Å². The second-order valence-corrected chi connectivity index (χ2v) is 8.19. The quantitative estimate of drug-likeness (QED) is 0.814. The van der Waals surface area contributed by atoms with Crippen LogP contribution in [-0.2, 0) is 20.7 Å². The number of likely N-dealkylation sites (tertiary alicyclic amines) is 1. The second kappa shape index (κ2) is 8.72. The van der Waals surface area contributed by atoms with Crippen LogP contribution in [-0.4, -0.2) is 73.3 Å². The van der Waals surface area contributed by atoms with E-state index in [-0.39, 0.29) is 11.5 Å². The summed E-state index contributed by atoms with van der Waals surface area (Å²) in [5.41, 5.74) is 1.22. The van der Waals surface area contributed by atoms with Gasteiger partial charge in [0.25, 0.3) is 0 Å². The van der Waals surface area contributed by atoms with Crippen LogP contribution >= 0.6 is 0 Å². The van der Waals surface area contributed by atoms with Crippen molar-refractivity contribution in [3.63, 3.8) is 0 Å². The number of aryl methyl sites for hydroxylation is 1. The van der Waals surface area contributed by atoms with Crippen molar-refractivity contribution < 1.29 is 14.3 Å². The Morgan fingerprint density at radius 3 is 2.52 bits per heavy atom. The van der Waals surface area contributed by atoms with Crippen molar-refractivity contribution in [3.05, 3.63) is 35.9 Å². The molecule has 3 saturated heterocycles. The van der Waals surface area contributed by atoms with Gasteiger partial charge in [-0.2, -0.15) is 0 Å². The molecule has 0 bridgehead atoms. The van der Waals surface area contributed by atoms with Gasteiger partial charge in [-0.15, -0.1) is 0 Å². The van der Waals surface area contributed by atoms with E-state index in [1.165, 1.54) is 5.56 Å². The molecule has 0 radical (unpaired) electrons. The number of amides is 1. The summed E-state index contributed by atoms with van der Waals surface area (Å²) in [6.07, 6.45) is 5.63. The van der Waals surface area contributed by atoms with Gasteiger partial charge in [0.15, 0.2) is 0 Å². The number of ether oxygens (including phenoxy) is 2. The van der Waals surface area contributed by atoms with Gasteiger partial charge >= 0.3 is 0 Å². The third-order valence-corrected chi connectivity index (χ3v) is 6.53. The molecule has 0 saturated carbocycles. The molecule has 3 aliphatic rings. The summed E-state index contributed by atoms with van der Waals surface area (Å²) in [5, 5.41) is 0. The van der Waals surface area contributed by atoms with E-state index in [1.807, 2.05) is 18.2 Å². The maximum atomic E-state index is 12.6. The summed E-state index contributed by atoms with van der Waals surface area (Å²) in [7, 11) is 0. The van der Waals surface area contributed by atoms with Crippen molar-refractivity contribution in [2.45, 2.75) is 50.2 Å². The molecule has 4 rings (SSSR count). The van der Waals surface area contributed by atoms with Crippen LogP contribution in [0.25, 0.3) is 0 Å². The summed E-state index contributed by atoms with van der Waals surface area (Å²) in [6.45, 7) is 6.33. The summed E-state index contributed by atoms with van der Waals surface area (Å²) in [6, 6.07) is 10.9. The SMILES string of the molecule is O=C(CCc1ccccc1)N1CCC2(CC1)CC(N1CCOCC1)CCO2. The summed E-state index contributed by atoms with van der Waals surface area (Å²) < 4.78 is 11.8. The zero-order chi connectivity index (χ0) is 18.5. The van der Waals surface area contributed by atoms with Crippen molar-refractivity contribution in [1.82, 2.24) is 9.80 Å².